The first kappa shape index (κ1) is 12.0. The van der Waals surface area contributed by atoms with Gasteiger partial charge in [-0.1, -0.05) is 0 Å². The lowest BCUT2D eigenvalue weighted by molar-refractivity contribution is 0.276. The molecule has 2 rings (SSSR count). The van der Waals surface area contributed by atoms with E-state index in [0.717, 1.165) is 15.9 Å². The highest BCUT2D eigenvalue weighted by atomic mass is 32.2. The molecule has 7 heteroatoms. The molecule has 90 valence electrons. The van der Waals surface area contributed by atoms with Crippen LogP contribution < -0.4 is 5.73 Å². The molecule has 0 aliphatic rings. The van der Waals surface area contributed by atoms with Crippen molar-refractivity contribution in [2.45, 2.75) is 23.2 Å². The number of aliphatic hydroxyl groups is 1. The minimum absolute atomic E-state index is 0.0682. The number of rotatable bonds is 4. The second-order valence-corrected chi connectivity index (χ2v) is 4.45. The van der Waals surface area contributed by atoms with Crippen molar-refractivity contribution >= 4 is 11.8 Å². The molecule has 0 bridgehead atoms. The van der Waals surface area contributed by atoms with Crippen LogP contribution in [0.25, 0.3) is 0 Å². The van der Waals surface area contributed by atoms with Gasteiger partial charge < -0.3 is 15.4 Å². The Morgan fingerprint density at radius 2 is 2.29 bits per heavy atom. The maximum Gasteiger partial charge on any atom is 0.195 e. The van der Waals surface area contributed by atoms with Gasteiger partial charge in [0.15, 0.2) is 5.16 Å². The smallest absolute Gasteiger partial charge is 0.195 e. The fourth-order valence-corrected chi connectivity index (χ4v) is 2.18. The van der Waals surface area contributed by atoms with E-state index in [1.54, 1.807) is 6.20 Å². The molecule has 0 radical (unpaired) electrons. The van der Waals surface area contributed by atoms with Gasteiger partial charge in [0.2, 0.25) is 0 Å². The molecule has 0 aliphatic carbocycles. The van der Waals surface area contributed by atoms with Crippen molar-refractivity contribution in [2.24, 2.45) is 12.8 Å². The van der Waals surface area contributed by atoms with Gasteiger partial charge in [-0.15, -0.1) is 10.2 Å². The molecule has 0 atom stereocenters. The number of aromatic nitrogens is 4. The summed E-state index contributed by atoms with van der Waals surface area (Å²) in [5.41, 5.74) is 6.16. The zero-order valence-corrected chi connectivity index (χ0v) is 10.2. The Morgan fingerprint density at radius 3 is 2.94 bits per heavy atom. The molecule has 0 aliphatic heterocycles. The first-order valence-electron chi connectivity index (χ1n) is 5.06. The van der Waals surface area contributed by atoms with Crippen molar-refractivity contribution in [1.29, 1.82) is 0 Å². The van der Waals surface area contributed by atoms with E-state index in [2.05, 4.69) is 15.2 Å². The van der Waals surface area contributed by atoms with E-state index in [1.807, 2.05) is 23.7 Å². The highest BCUT2D eigenvalue weighted by Gasteiger charge is 2.09. The van der Waals surface area contributed by atoms with E-state index in [0.29, 0.717) is 12.2 Å². The minimum atomic E-state index is -0.0682. The maximum atomic E-state index is 9.00. The van der Waals surface area contributed by atoms with Crippen molar-refractivity contribution in [2.75, 3.05) is 0 Å². The standard InChI is InChI=1S/C10H13N5OS/c1-15-9(5-11)13-14-10(15)17-8-2-3-12-7(4-8)6-16/h2-4,16H,5-6,11H2,1H3. The van der Waals surface area contributed by atoms with Crippen molar-refractivity contribution in [1.82, 2.24) is 19.7 Å². The molecule has 17 heavy (non-hydrogen) atoms. The lowest BCUT2D eigenvalue weighted by atomic mass is 10.4. The minimum Gasteiger partial charge on any atom is -0.390 e. The zero-order valence-electron chi connectivity index (χ0n) is 9.37. The summed E-state index contributed by atoms with van der Waals surface area (Å²) in [6.45, 7) is 0.295. The molecule has 0 fully saturated rings. The Morgan fingerprint density at radius 1 is 1.47 bits per heavy atom. The predicted octanol–water partition coefficient (Wildman–Crippen LogP) is 0.312. The summed E-state index contributed by atoms with van der Waals surface area (Å²) in [4.78, 5) is 4.98. The molecule has 3 N–H and O–H groups in total. The Bertz CT molecular complexity index is 513. The second kappa shape index (κ2) is 5.26. The molecule has 0 aromatic carbocycles. The molecular formula is C10H13N5OS. The van der Waals surface area contributed by atoms with Crippen molar-refractivity contribution in [3.8, 4) is 0 Å². The Balaban J connectivity index is 2.22. The molecule has 0 amide bonds. The molecule has 0 spiro atoms. The summed E-state index contributed by atoms with van der Waals surface area (Å²) < 4.78 is 1.85. The molecule has 2 aromatic rings. The molecule has 0 saturated carbocycles. The number of pyridine rings is 1. The number of nitrogens with two attached hydrogens (primary N) is 1. The van der Waals surface area contributed by atoms with Crippen LogP contribution in [0.4, 0.5) is 0 Å². The van der Waals surface area contributed by atoms with Crippen LogP contribution >= 0.6 is 11.8 Å². The van der Waals surface area contributed by atoms with Crippen LogP contribution in [-0.2, 0) is 20.2 Å². The Kier molecular flexibility index (Phi) is 3.72. The fraction of sp³-hybridized carbons (Fsp3) is 0.300. The quantitative estimate of drug-likeness (QED) is 0.813. The third kappa shape index (κ3) is 2.63. The Hall–Kier alpha value is -1.44. The van der Waals surface area contributed by atoms with Gasteiger partial charge in [-0.2, -0.15) is 0 Å². The SMILES string of the molecule is Cn1c(CN)nnc1Sc1ccnc(CO)c1. The van der Waals surface area contributed by atoms with E-state index in [9.17, 15) is 0 Å². The van der Waals surface area contributed by atoms with Gasteiger partial charge in [-0.05, 0) is 23.9 Å². The number of nitrogens with zero attached hydrogens (tertiary/aromatic N) is 4. The third-order valence-electron chi connectivity index (χ3n) is 2.27. The van der Waals surface area contributed by atoms with Gasteiger partial charge >= 0.3 is 0 Å². The van der Waals surface area contributed by atoms with Crippen LogP contribution in [0.15, 0.2) is 28.4 Å². The van der Waals surface area contributed by atoms with Crippen LogP contribution in [0.3, 0.4) is 0 Å². The highest BCUT2D eigenvalue weighted by molar-refractivity contribution is 7.99. The summed E-state index contributed by atoms with van der Waals surface area (Å²) in [7, 11) is 1.87. The molecular weight excluding hydrogens is 238 g/mol. The number of aliphatic hydroxyl groups excluding tert-OH is 1. The summed E-state index contributed by atoms with van der Waals surface area (Å²) in [5.74, 6) is 0.740. The van der Waals surface area contributed by atoms with E-state index in [1.165, 1.54) is 11.8 Å². The largest absolute Gasteiger partial charge is 0.390 e. The van der Waals surface area contributed by atoms with Crippen LogP contribution in [0.2, 0.25) is 0 Å². The fourth-order valence-electron chi connectivity index (χ4n) is 1.32. The van der Waals surface area contributed by atoms with Crippen molar-refractivity contribution < 1.29 is 5.11 Å². The van der Waals surface area contributed by atoms with Crippen LogP contribution in [0, 0.1) is 0 Å². The van der Waals surface area contributed by atoms with Gasteiger partial charge in [0, 0.05) is 18.1 Å². The zero-order chi connectivity index (χ0) is 12.3. The van der Waals surface area contributed by atoms with Crippen LogP contribution in [0.5, 0.6) is 0 Å². The van der Waals surface area contributed by atoms with Crippen LogP contribution in [-0.4, -0.2) is 24.9 Å². The molecule has 0 saturated heterocycles. The summed E-state index contributed by atoms with van der Waals surface area (Å²) >= 11 is 1.46. The lowest BCUT2D eigenvalue weighted by Gasteiger charge is -2.03. The monoisotopic (exact) mass is 251 g/mol. The average molecular weight is 251 g/mol. The number of hydrogen-bond acceptors (Lipinski definition) is 6. The van der Waals surface area contributed by atoms with E-state index >= 15 is 0 Å². The second-order valence-electron chi connectivity index (χ2n) is 3.41. The van der Waals surface area contributed by atoms with Gasteiger partial charge in [0.05, 0.1) is 18.8 Å². The van der Waals surface area contributed by atoms with Gasteiger partial charge in [0.1, 0.15) is 5.82 Å². The predicted molar refractivity (Wildman–Crippen MR) is 63.2 cm³/mol. The van der Waals surface area contributed by atoms with E-state index in [-0.39, 0.29) is 6.61 Å². The number of hydrogen-bond donors (Lipinski definition) is 2. The molecule has 0 unspecified atom stereocenters. The van der Waals surface area contributed by atoms with Crippen LogP contribution in [0.1, 0.15) is 11.5 Å². The third-order valence-corrected chi connectivity index (χ3v) is 3.29. The highest BCUT2D eigenvalue weighted by Crippen LogP contribution is 2.25. The maximum absolute atomic E-state index is 9.00. The molecule has 2 aromatic heterocycles. The topological polar surface area (TPSA) is 89.9 Å². The van der Waals surface area contributed by atoms with E-state index in [4.69, 9.17) is 10.8 Å². The first-order chi connectivity index (χ1) is 8.24. The lowest BCUT2D eigenvalue weighted by Crippen LogP contribution is -2.05. The Labute approximate surface area is 103 Å². The molecule has 2 heterocycles. The summed E-state index contributed by atoms with van der Waals surface area (Å²) in [5, 5.41) is 17.8. The van der Waals surface area contributed by atoms with Gasteiger partial charge in [-0.25, -0.2) is 0 Å². The summed E-state index contributed by atoms with van der Waals surface area (Å²) in [6.07, 6.45) is 1.66. The van der Waals surface area contributed by atoms with E-state index < -0.39 is 0 Å². The summed E-state index contributed by atoms with van der Waals surface area (Å²) in [6, 6.07) is 3.68. The normalized spacial score (nSPS) is 10.8. The van der Waals surface area contributed by atoms with Gasteiger partial charge in [0.25, 0.3) is 0 Å². The average Bonchev–Trinajstić information content (AvgIpc) is 2.71. The van der Waals surface area contributed by atoms with Gasteiger partial charge in [-0.3, -0.25) is 4.98 Å². The van der Waals surface area contributed by atoms with Crippen molar-refractivity contribution in [3.05, 3.63) is 29.8 Å². The first-order valence-corrected chi connectivity index (χ1v) is 5.88. The molecule has 6 nitrogen and oxygen atoms in total. The van der Waals surface area contributed by atoms with Crippen molar-refractivity contribution in [3.63, 3.8) is 0 Å².